The van der Waals surface area contributed by atoms with Crippen molar-refractivity contribution in [3.8, 4) is 11.1 Å². The molecule has 136 valence electrons. The standard InChI is InChI=1S/C18H15ClN6O2/c1-3-13-15(11-4-6-12(19)7-5-11)17-21-20-16-14(25(17)23-13)8-9-24(18(16)27)22-10(2)26/h4-9H,3H2,1-2H3,(H,22,26). The number of fused-ring (bicyclic) bond motifs is 3. The summed E-state index contributed by atoms with van der Waals surface area (Å²) in [5.74, 6) is -0.358. The predicted octanol–water partition coefficient (Wildman–Crippen LogP) is 2.41. The van der Waals surface area contributed by atoms with Gasteiger partial charge in [0.15, 0.2) is 11.2 Å². The van der Waals surface area contributed by atoms with Gasteiger partial charge in [-0.05, 0) is 30.2 Å². The average Bonchev–Trinajstić information content (AvgIpc) is 3.03. The molecule has 0 bridgehead atoms. The summed E-state index contributed by atoms with van der Waals surface area (Å²) in [6.45, 7) is 3.32. The van der Waals surface area contributed by atoms with Gasteiger partial charge in [0.25, 0.3) is 5.56 Å². The summed E-state index contributed by atoms with van der Waals surface area (Å²) in [4.78, 5) is 23.8. The lowest BCUT2D eigenvalue weighted by Gasteiger charge is -2.07. The Morgan fingerprint density at radius 3 is 2.59 bits per heavy atom. The Labute approximate surface area is 158 Å². The molecule has 0 fully saturated rings. The van der Waals surface area contributed by atoms with Crippen LogP contribution in [-0.2, 0) is 11.2 Å². The third-order valence-corrected chi connectivity index (χ3v) is 4.45. The second-order valence-corrected chi connectivity index (χ2v) is 6.45. The number of amides is 1. The van der Waals surface area contributed by atoms with Gasteiger partial charge in [-0.1, -0.05) is 30.7 Å². The van der Waals surface area contributed by atoms with Crippen LogP contribution >= 0.6 is 11.6 Å². The molecule has 0 saturated heterocycles. The molecule has 0 unspecified atom stereocenters. The highest BCUT2D eigenvalue weighted by atomic mass is 35.5. The van der Waals surface area contributed by atoms with E-state index >= 15 is 0 Å². The van der Waals surface area contributed by atoms with Crippen molar-refractivity contribution in [3.05, 3.63) is 57.6 Å². The minimum atomic E-state index is -0.473. The fourth-order valence-corrected chi connectivity index (χ4v) is 3.13. The maximum absolute atomic E-state index is 12.6. The van der Waals surface area contributed by atoms with Crippen LogP contribution in [0.15, 0.2) is 41.3 Å². The summed E-state index contributed by atoms with van der Waals surface area (Å²) in [7, 11) is 0. The van der Waals surface area contributed by atoms with E-state index in [1.165, 1.54) is 13.1 Å². The van der Waals surface area contributed by atoms with Gasteiger partial charge in [0.2, 0.25) is 5.91 Å². The summed E-state index contributed by atoms with van der Waals surface area (Å²) in [6, 6.07) is 9.09. The molecule has 4 aromatic rings. The molecular formula is C18H15ClN6O2. The van der Waals surface area contributed by atoms with Gasteiger partial charge in [0.1, 0.15) is 5.52 Å². The molecule has 0 spiro atoms. The maximum Gasteiger partial charge on any atom is 0.299 e. The molecule has 0 radical (unpaired) electrons. The first-order valence-electron chi connectivity index (χ1n) is 8.32. The average molecular weight is 383 g/mol. The van der Waals surface area contributed by atoms with Gasteiger partial charge < -0.3 is 0 Å². The zero-order valence-electron chi connectivity index (χ0n) is 14.6. The topological polar surface area (TPSA) is 94.2 Å². The molecule has 0 aliphatic carbocycles. The molecular weight excluding hydrogens is 368 g/mol. The molecule has 27 heavy (non-hydrogen) atoms. The molecule has 0 saturated carbocycles. The Hall–Kier alpha value is -3.26. The molecule has 4 rings (SSSR count). The maximum atomic E-state index is 12.6. The molecule has 1 N–H and O–H groups in total. The second-order valence-electron chi connectivity index (χ2n) is 6.01. The molecule has 1 amide bonds. The summed E-state index contributed by atoms with van der Waals surface area (Å²) in [5.41, 5.74) is 5.76. The molecule has 0 atom stereocenters. The fourth-order valence-electron chi connectivity index (χ4n) is 3.01. The number of nitrogens with one attached hydrogen (secondary N) is 1. The number of hydrogen-bond acceptors (Lipinski definition) is 5. The highest BCUT2D eigenvalue weighted by molar-refractivity contribution is 6.30. The van der Waals surface area contributed by atoms with E-state index in [-0.39, 0.29) is 11.4 Å². The van der Waals surface area contributed by atoms with Crippen LogP contribution in [0.5, 0.6) is 0 Å². The number of pyridine rings is 1. The summed E-state index contributed by atoms with van der Waals surface area (Å²) < 4.78 is 2.69. The first-order chi connectivity index (χ1) is 13.0. The molecule has 9 heteroatoms. The van der Waals surface area contributed by atoms with E-state index in [4.69, 9.17) is 11.6 Å². The Morgan fingerprint density at radius 2 is 1.93 bits per heavy atom. The second kappa shape index (κ2) is 6.48. The number of nitrogens with zero attached hydrogens (tertiary/aromatic N) is 5. The van der Waals surface area contributed by atoms with Gasteiger partial charge in [-0.3, -0.25) is 15.0 Å². The number of benzene rings is 1. The summed E-state index contributed by atoms with van der Waals surface area (Å²) >= 11 is 6.00. The Kier molecular flexibility index (Phi) is 4.12. The predicted molar refractivity (Wildman–Crippen MR) is 102 cm³/mol. The van der Waals surface area contributed by atoms with E-state index < -0.39 is 5.56 Å². The van der Waals surface area contributed by atoms with Gasteiger partial charge in [-0.15, -0.1) is 10.2 Å². The molecule has 8 nitrogen and oxygen atoms in total. The molecule has 1 aromatic carbocycles. The number of rotatable bonds is 3. The van der Waals surface area contributed by atoms with Crippen molar-refractivity contribution in [2.24, 2.45) is 0 Å². The van der Waals surface area contributed by atoms with Crippen LogP contribution < -0.4 is 11.0 Å². The molecule has 0 aliphatic heterocycles. The Bertz CT molecular complexity index is 1240. The van der Waals surface area contributed by atoms with Crippen LogP contribution in [0.2, 0.25) is 5.02 Å². The number of carbonyl (C=O) groups is 1. The summed E-state index contributed by atoms with van der Waals surface area (Å²) in [5, 5.41) is 13.6. The summed E-state index contributed by atoms with van der Waals surface area (Å²) in [6.07, 6.45) is 2.16. The molecule has 3 heterocycles. The van der Waals surface area contributed by atoms with Gasteiger partial charge in [-0.2, -0.15) is 5.10 Å². The largest absolute Gasteiger partial charge is 0.299 e. The lowest BCUT2D eigenvalue weighted by molar-refractivity contribution is -0.115. The minimum Gasteiger partial charge on any atom is -0.274 e. The monoisotopic (exact) mass is 382 g/mol. The number of carbonyl (C=O) groups excluding carboxylic acids is 1. The van der Waals surface area contributed by atoms with E-state index in [0.29, 0.717) is 22.6 Å². The minimum absolute atomic E-state index is 0.117. The van der Waals surface area contributed by atoms with E-state index in [2.05, 4.69) is 20.7 Å². The normalized spacial score (nSPS) is 11.2. The molecule has 3 aromatic heterocycles. The Morgan fingerprint density at radius 1 is 1.19 bits per heavy atom. The first-order valence-corrected chi connectivity index (χ1v) is 8.70. The van der Waals surface area contributed by atoms with Crippen LogP contribution in [0.25, 0.3) is 27.8 Å². The van der Waals surface area contributed by atoms with E-state index in [1.807, 2.05) is 19.1 Å². The van der Waals surface area contributed by atoms with Crippen LogP contribution in [0, 0.1) is 0 Å². The third kappa shape index (κ3) is 2.83. The zero-order chi connectivity index (χ0) is 19.1. The molecule has 0 aliphatic rings. The van der Waals surface area contributed by atoms with Crippen molar-refractivity contribution in [3.63, 3.8) is 0 Å². The van der Waals surface area contributed by atoms with Crippen molar-refractivity contribution >= 4 is 34.2 Å². The number of aromatic nitrogens is 5. The van der Waals surface area contributed by atoms with Gasteiger partial charge in [-0.25, -0.2) is 9.19 Å². The number of halogens is 1. The van der Waals surface area contributed by atoms with Gasteiger partial charge >= 0.3 is 0 Å². The highest BCUT2D eigenvalue weighted by Crippen LogP contribution is 2.29. The highest BCUT2D eigenvalue weighted by Gasteiger charge is 2.18. The van der Waals surface area contributed by atoms with Crippen LogP contribution in [-0.4, -0.2) is 30.4 Å². The quantitative estimate of drug-likeness (QED) is 0.587. The number of hydrogen-bond donors (Lipinski definition) is 1. The smallest absolute Gasteiger partial charge is 0.274 e. The van der Waals surface area contributed by atoms with Crippen molar-refractivity contribution in [1.29, 1.82) is 0 Å². The van der Waals surface area contributed by atoms with Crippen LogP contribution in [0.4, 0.5) is 0 Å². The Balaban J connectivity index is 2.01. The van der Waals surface area contributed by atoms with E-state index in [1.54, 1.807) is 22.7 Å². The van der Waals surface area contributed by atoms with E-state index in [0.717, 1.165) is 21.5 Å². The zero-order valence-corrected chi connectivity index (χ0v) is 15.4. The van der Waals surface area contributed by atoms with Gasteiger partial charge in [0.05, 0.1) is 11.3 Å². The van der Waals surface area contributed by atoms with Crippen LogP contribution in [0.3, 0.4) is 0 Å². The van der Waals surface area contributed by atoms with Crippen molar-refractivity contribution < 1.29 is 4.79 Å². The van der Waals surface area contributed by atoms with Crippen molar-refractivity contribution in [2.75, 3.05) is 5.43 Å². The lowest BCUT2D eigenvalue weighted by atomic mass is 10.0. The first kappa shape index (κ1) is 17.2. The lowest BCUT2D eigenvalue weighted by Crippen LogP contribution is -2.32. The van der Waals surface area contributed by atoms with Gasteiger partial charge in [0, 0.05) is 18.1 Å². The van der Waals surface area contributed by atoms with Crippen molar-refractivity contribution in [1.82, 2.24) is 24.5 Å². The third-order valence-electron chi connectivity index (χ3n) is 4.20. The number of aryl methyl sites for hydroxylation is 1. The van der Waals surface area contributed by atoms with Crippen molar-refractivity contribution in [2.45, 2.75) is 20.3 Å². The van der Waals surface area contributed by atoms with Crippen LogP contribution in [0.1, 0.15) is 19.5 Å². The fraction of sp³-hybridized carbons (Fsp3) is 0.167. The van der Waals surface area contributed by atoms with E-state index in [9.17, 15) is 9.59 Å². The SMILES string of the molecule is CCc1nn2c(nnc3c(=O)n(NC(C)=O)ccc32)c1-c1ccc(Cl)cc1.